The number of nitrogens with two attached hydrogens (primary N) is 1. The Morgan fingerprint density at radius 1 is 1.18 bits per heavy atom. The van der Waals surface area contributed by atoms with Gasteiger partial charge in [-0.2, -0.15) is 5.26 Å². The van der Waals surface area contributed by atoms with Crippen LogP contribution in [0.3, 0.4) is 0 Å². The zero-order valence-electron chi connectivity index (χ0n) is 8.94. The Bertz CT molecular complexity index is 587. The van der Waals surface area contributed by atoms with Gasteiger partial charge in [0.15, 0.2) is 0 Å². The van der Waals surface area contributed by atoms with E-state index in [9.17, 15) is 0 Å². The van der Waals surface area contributed by atoms with E-state index in [4.69, 9.17) is 22.6 Å². The SMILES string of the molecule is N#Cc1ccc(Nc2ccccc2N)cc1Cl. The standard InChI is InChI=1S/C13H10ClN3/c14-11-7-10(6-5-9(11)8-15)17-13-4-2-1-3-12(13)16/h1-7,17H,16H2. The molecule has 2 rings (SSSR count). The maximum absolute atomic E-state index is 8.77. The van der Waals surface area contributed by atoms with Crippen LogP contribution < -0.4 is 11.1 Å². The molecular weight excluding hydrogens is 234 g/mol. The van der Waals surface area contributed by atoms with E-state index in [0.717, 1.165) is 11.4 Å². The third-order valence-electron chi connectivity index (χ3n) is 2.33. The first-order valence-electron chi connectivity index (χ1n) is 5.02. The summed E-state index contributed by atoms with van der Waals surface area (Å²) in [5.74, 6) is 0. The molecule has 2 aromatic rings. The summed E-state index contributed by atoms with van der Waals surface area (Å²) in [4.78, 5) is 0. The van der Waals surface area contributed by atoms with Crippen LogP contribution in [0.2, 0.25) is 5.02 Å². The lowest BCUT2D eigenvalue weighted by molar-refractivity contribution is 1.47. The van der Waals surface area contributed by atoms with Crippen LogP contribution in [0.1, 0.15) is 5.56 Å². The number of hydrogen-bond donors (Lipinski definition) is 2. The number of nitrogens with zero attached hydrogens (tertiary/aromatic N) is 1. The molecule has 0 amide bonds. The Morgan fingerprint density at radius 3 is 2.59 bits per heavy atom. The van der Waals surface area contributed by atoms with E-state index in [-0.39, 0.29) is 0 Å². The summed E-state index contributed by atoms with van der Waals surface area (Å²) < 4.78 is 0. The molecule has 0 aromatic heterocycles. The number of anilines is 3. The smallest absolute Gasteiger partial charge is 0.101 e. The van der Waals surface area contributed by atoms with Crippen molar-refractivity contribution >= 4 is 28.7 Å². The van der Waals surface area contributed by atoms with Crippen LogP contribution in [0.25, 0.3) is 0 Å². The molecule has 0 unspecified atom stereocenters. The summed E-state index contributed by atoms with van der Waals surface area (Å²) in [6.07, 6.45) is 0. The van der Waals surface area contributed by atoms with Crippen LogP contribution in [0.15, 0.2) is 42.5 Å². The molecule has 0 aliphatic heterocycles. The number of para-hydroxylation sites is 2. The largest absolute Gasteiger partial charge is 0.397 e. The lowest BCUT2D eigenvalue weighted by Crippen LogP contribution is -1.95. The summed E-state index contributed by atoms with van der Waals surface area (Å²) in [7, 11) is 0. The van der Waals surface area contributed by atoms with Crippen molar-refractivity contribution in [1.82, 2.24) is 0 Å². The fraction of sp³-hybridized carbons (Fsp3) is 0. The van der Waals surface area contributed by atoms with E-state index in [1.807, 2.05) is 30.3 Å². The molecule has 0 bridgehead atoms. The van der Waals surface area contributed by atoms with Crippen molar-refractivity contribution < 1.29 is 0 Å². The Morgan fingerprint density at radius 2 is 1.94 bits per heavy atom. The fourth-order valence-electron chi connectivity index (χ4n) is 1.45. The van der Waals surface area contributed by atoms with Crippen molar-refractivity contribution in [2.45, 2.75) is 0 Å². The van der Waals surface area contributed by atoms with Crippen molar-refractivity contribution in [3.8, 4) is 6.07 Å². The Labute approximate surface area is 104 Å². The van der Waals surface area contributed by atoms with Crippen molar-refractivity contribution in [1.29, 1.82) is 5.26 Å². The van der Waals surface area contributed by atoms with Gasteiger partial charge in [-0.3, -0.25) is 0 Å². The van der Waals surface area contributed by atoms with Crippen molar-refractivity contribution in [3.63, 3.8) is 0 Å². The number of hydrogen-bond acceptors (Lipinski definition) is 3. The van der Waals surface area contributed by atoms with E-state index in [0.29, 0.717) is 16.3 Å². The van der Waals surface area contributed by atoms with E-state index in [1.54, 1.807) is 18.2 Å². The van der Waals surface area contributed by atoms with E-state index < -0.39 is 0 Å². The van der Waals surface area contributed by atoms with Crippen molar-refractivity contribution in [2.24, 2.45) is 0 Å². The first-order chi connectivity index (χ1) is 8.20. The zero-order chi connectivity index (χ0) is 12.3. The maximum atomic E-state index is 8.77. The van der Waals surface area contributed by atoms with Crippen molar-refractivity contribution in [3.05, 3.63) is 53.1 Å². The van der Waals surface area contributed by atoms with Crippen LogP contribution >= 0.6 is 11.6 Å². The third kappa shape index (κ3) is 2.49. The average molecular weight is 244 g/mol. The van der Waals surface area contributed by atoms with Gasteiger partial charge in [-0.15, -0.1) is 0 Å². The minimum Gasteiger partial charge on any atom is -0.397 e. The Kier molecular flexibility index (Phi) is 3.17. The predicted octanol–water partition coefficient (Wildman–Crippen LogP) is 3.54. The quantitative estimate of drug-likeness (QED) is 0.793. The molecular formula is C13H10ClN3. The Hall–Kier alpha value is -2.18. The molecule has 84 valence electrons. The highest BCUT2D eigenvalue weighted by Gasteiger charge is 2.02. The normalized spacial score (nSPS) is 9.65. The molecule has 3 N–H and O–H groups in total. The number of nitrogens with one attached hydrogen (secondary N) is 1. The van der Waals surface area contributed by atoms with Crippen LogP contribution in [0, 0.1) is 11.3 Å². The van der Waals surface area contributed by atoms with Gasteiger partial charge in [0.25, 0.3) is 0 Å². The average Bonchev–Trinajstić information content (AvgIpc) is 2.32. The topological polar surface area (TPSA) is 61.8 Å². The first-order valence-corrected chi connectivity index (χ1v) is 5.39. The van der Waals surface area contributed by atoms with Gasteiger partial charge in [-0.25, -0.2) is 0 Å². The van der Waals surface area contributed by atoms with E-state index >= 15 is 0 Å². The molecule has 0 radical (unpaired) electrons. The third-order valence-corrected chi connectivity index (χ3v) is 2.64. The molecule has 0 heterocycles. The van der Waals surface area contributed by atoms with Gasteiger partial charge in [-0.1, -0.05) is 23.7 Å². The van der Waals surface area contributed by atoms with Gasteiger partial charge in [-0.05, 0) is 30.3 Å². The second-order valence-corrected chi connectivity index (χ2v) is 3.93. The molecule has 0 aliphatic carbocycles. The second kappa shape index (κ2) is 4.77. The van der Waals surface area contributed by atoms with Crippen molar-refractivity contribution in [2.75, 3.05) is 11.1 Å². The number of benzene rings is 2. The summed E-state index contributed by atoms with van der Waals surface area (Å²) in [6, 6.07) is 14.6. The van der Waals surface area contributed by atoms with E-state index in [2.05, 4.69) is 5.32 Å². The van der Waals surface area contributed by atoms with Gasteiger partial charge in [0.2, 0.25) is 0 Å². The molecule has 0 saturated carbocycles. The number of nitrogen functional groups attached to an aromatic ring is 1. The highest BCUT2D eigenvalue weighted by molar-refractivity contribution is 6.32. The van der Waals surface area contributed by atoms with Gasteiger partial charge in [0.1, 0.15) is 6.07 Å². The van der Waals surface area contributed by atoms with Crippen LogP contribution in [0.4, 0.5) is 17.1 Å². The number of halogens is 1. The van der Waals surface area contributed by atoms with Crippen LogP contribution in [-0.2, 0) is 0 Å². The summed E-state index contributed by atoms with van der Waals surface area (Å²) in [5, 5.41) is 12.3. The Balaban J connectivity index is 2.29. The lowest BCUT2D eigenvalue weighted by Gasteiger charge is -2.09. The predicted molar refractivity (Wildman–Crippen MR) is 70.3 cm³/mol. The zero-order valence-corrected chi connectivity index (χ0v) is 9.70. The van der Waals surface area contributed by atoms with Gasteiger partial charge in [0.05, 0.1) is 22.0 Å². The van der Waals surface area contributed by atoms with Crippen LogP contribution in [0.5, 0.6) is 0 Å². The summed E-state index contributed by atoms with van der Waals surface area (Å²) in [6.45, 7) is 0. The monoisotopic (exact) mass is 243 g/mol. The first kappa shape index (κ1) is 11.3. The summed E-state index contributed by atoms with van der Waals surface area (Å²) >= 11 is 5.94. The minimum atomic E-state index is 0.423. The fourth-order valence-corrected chi connectivity index (χ4v) is 1.67. The lowest BCUT2D eigenvalue weighted by atomic mass is 10.2. The molecule has 0 saturated heterocycles. The second-order valence-electron chi connectivity index (χ2n) is 3.52. The number of rotatable bonds is 2. The van der Waals surface area contributed by atoms with E-state index in [1.165, 1.54) is 0 Å². The number of nitriles is 1. The molecule has 0 fully saturated rings. The molecule has 0 spiro atoms. The molecule has 3 nitrogen and oxygen atoms in total. The van der Waals surface area contributed by atoms with Crippen LogP contribution in [-0.4, -0.2) is 0 Å². The molecule has 4 heteroatoms. The highest BCUT2D eigenvalue weighted by Crippen LogP contribution is 2.26. The molecule has 0 aliphatic rings. The van der Waals surface area contributed by atoms with Gasteiger partial charge < -0.3 is 11.1 Å². The molecule has 17 heavy (non-hydrogen) atoms. The molecule has 2 aromatic carbocycles. The van der Waals surface area contributed by atoms with Gasteiger partial charge in [0, 0.05) is 5.69 Å². The highest BCUT2D eigenvalue weighted by atomic mass is 35.5. The maximum Gasteiger partial charge on any atom is 0.101 e. The van der Waals surface area contributed by atoms with Gasteiger partial charge >= 0.3 is 0 Å². The molecule has 0 atom stereocenters. The minimum absolute atomic E-state index is 0.423. The summed E-state index contributed by atoms with van der Waals surface area (Å²) in [5.41, 5.74) is 8.54.